The molecule has 2 aromatic rings. The lowest BCUT2D eigenvalue weighted by molar-refractivity contribution is -0.126. The number of hydrogen-bond acceptors (Lipinski definition) is 5. The van der Waals surface area contributed by atoms with E-state index >= 15 is 0 Å². The lowest BCUT2D eigenvalue weighted by atomic mass is 9.96. The highest BCUT2D eigenvalue weighted by molar-refractivity contribution is 6.22. The summed E-state index contributed by atoms with van der Waals surface area (Å²) in [7, 11) is 1.59. The van der Waals surface area contributed by atoms with Gasteiger partial charge in [0.2, 0.25) is 5.91 Å². The molecule has 0 aromatic heterocycles. The fourth-order valence-corrected chi connectivity index (χ4v) is 3.43. The normalized spacial score (nSPS) is 14.8. The second-order valence-corrected chi connectivity index (χ2v) is 7.17. The second-order valence-electron chi connectivity index (χ2n) is 7.17. The summed E-state index contributed by atoms with van der Waals surface area (Å²) in [6, 6.07) is 12.9. The molecule has 7 heteroatoms. The van der Waals surface area contributed by atoms with Gasteiger partial charge in [0, 0.05) is 0 Å². The van der Waals surface area contributed by atoms with Gasteiger partial charge >= 0.3 is 0 Å². The zero-order valence-corrected chi connectivity index (χ0v) is 17.4. The van der Waals surface area contributed by atoms with Crippen molar-refractivity contribution in [1.82, 2.24) is 10.2 Å². The van der Waals surface area contributed by atoms with Gasteiger partial charge in [0.15, 0.2) is 0 Å². The van der Waals surface area contributed by atoms with Gasteiger partial charge in [0.25, 0.3) is 11.8 Å². The Labute approximate surface area is 176 Å². The summed E-state index contributed by atoms with van der Waals surface area (Å²) < 4.78 is 10.7. The van der Waals surface area contributed by atoms with Crippen LogP contribution in [0.2, 0.25) is 0 Å². The molecule has 0 spiro atoms. The Hall–Kier alpha value is -3.35. The summed E-state index contributed by atoms with van der Waals surface area (Å²) in [4.78, 5) is 39.7. The second kappa shape index (κ2) is 9.43. The third kappa shape index (κ3) is 4.30. The van der Waals surface area contributed by atoms with Crippen LogP contribution in [0, 0.1) is 5.92 Å². The van der Waals surface area contributed by atoms with Crippen molar-refractivity contribution in [3.8, 4) is 11.5 Å². The summed E-state index contributed by atoms with van der Waals surface area (Å²) in [5, 5.41) is 2.80. The number of nitrogens with zero attached hydrogens (tertiary/aromatic N) is 1. The van der Waals surface area contributed by atoms with Gasteiger partial charge in [-0.1, -0.05) is 32.4 Å². The zero-order chi connectivity index (χ0) is 21.7. The first-order chi connectivity index (χ1) is 14.5. The van der Waals surface area contributed by atoms with Gasteiger partial charge in [-0.25, -0.2) is 0 Å². The van der Waals surface area contributed by atoms with Gasteiger partial charge in [-0.05, 0) is 42.3 Å². The lowest BCUT2D eigenvalue weighted by Crippen LogP contribution is -2.53. The van der Waals surface area contributed by atoms with Crippen LogP contribution in [-0.2, 0) is 4.79 Å². The quantitative estimate of drug-likeness (QED) is 0.508. The SMILES string of the molecule is CCC(C)C(C(=O)NCCOc1ccc(OC)cc1)N1C(=O)c2ccccc2C1=O. The fraction of sp³-hybridized carbons (Fsp3) is 0.348. The minimum atomic E-state index is -0.872. The van der Waals surface area contributed by atoms with Crippen molar-refractivity contribution < 1.29 is 23.9 Å². The van der Waals surface area contributed by atoms with Crippen LogP contribution < -0.4 is 14.8 Å². The molecule has 158 valence electrons. The third-order valence-corrected chi connectivity index (χ3v) is 5.28. The summed E-state index contributed by atoms with van der Waals surface area (Å²) in [6.45, 7) is 4.30. The molecule has 1 aliphatic rings. The molecule has 0 aliphatic carbocycles. The first-order valence-electron chi connectivity index (χ1n) is 9.99. The molecule has 3 rings (SSSR count). The van der Waals surface area contributed by atoms with Crippen LogP contribution in [0.5, 0.6) is 11.5 Å². The maximum Gasteiger partial charge on any atom is 0.262 e. The summed E-state index contributed by atoms with van der Waals surface area (Å²) >= 11 is 0. The number of ether oxygens (including phenoxy) is 2. The molecule has 30 heavy (non-hydrogen) atoms. The highest BCUT2D eigenvalue weighted by Gasteiger charge is 2.44. The molecule has 2 unspecified atom stereocenters. The third-order valence-electron chi connectivity index (χ3n) is 5.28. The number of carbonyl (C=O) groups excluding carboxylic acids is 3. The maximum atomic E-state index is 12.9. The maximum absolute atomic E-state index is 12.9. The molecule has 2 atom stereocenters. The van der Waals surface area contributed by atoms with E-state index in [9.17, 15) is 14.4 Å². The number of rotatable bonds is 9. The molecule has 1 aliphatic heterocycles. The predicted octanol–water partition coefficient (Wildman–Crippen LogP) is 2.90. The number of nitrogens with one attached hydrogen (secondary N) is 1. The van der Waals surface area contributed by atoms with Crippen molar-refractivity contribution in [2.75, 3.05) is 20.3 Å². The molecule has 1 N–H and O–H groups in total. The van der Waals surface area contributed by atoms with Gasteiger partial charge in [0.1, 0.15) is 24.1 Å². The van der Waals surface area contributed by atoms with Crippen LogP contribution in [0.3, 0.4) is 0 Å². The van der Waals surface area contributed by atoms with E-state index in [1.165, 1.54) is 0 Å². The fourth-order valence-electron chi connectivity index (χ4n) is 3.43. The molecule has 0 saturated heterocycles. The molecule has 2 aromatic carbocycles. The van der Waals surface area contributed by atoms with Crippen LogP contribution in [-0.4, -0.2) is 48.9 Å². The van der Waals surface area contributed by atoms with Crippen molar-refractivity contribution in [3.63, 3.8) is 0 Å². The Morgan fingerprint density at radius 2 is 1.57 bits per heavy atom. The van der Waals surface area contributed by atoms with E-state index in [0.717, 1.165) is 10.6 Å². The van der Waals surface area contributed by atoms with Crippen LogP contribution in [0.1, 0.15) is 41.0 Å². The van der Waals surface area contributed by atoms with Gasteiger partial charge in [0.05, 0.1) is 24.8 Å². The smallest absolute Gasteiger partial charge is 0.262 e. The molecule has 7 nitrogen and oxygen atoms in total. The number of fused-ring (bicyclic) bond motifs is 1. The first kappa shape index (κ1) is 21.4. The number of benzene rings is 2. The van der Waals surface area contributed by atoms with Crippen LogP contribution in [0.15, 0.2) is 48.5 Å². The van der Waals surface area contributed by atoms with E-state index < -0.39 is 17.9 Å². The Bertz CT molecular complexity index is 890. The summed E-state index contributed by atoms with van der Waals surface area (Å²) in [5.41, 5.74) is 0.679. The van der Waals surface area contributed by atoms with E-state index in [-0.39, 0.29) is 25.0 Å². The van der Waals surface area contributed by atoms with Crippen LogP contribution in [0.25, 0.3) is 0 Å². The number of hydrogen-bond donors (Lipinski definition) is 1. The monoisotopic (exact) mass is 410 g/mol. The Balaban J connectivity index is 1.63. The standard InChI is InChI=1S/C23H26N2O5/c1-4-15(2)20(25-22(27)18-7-5-6-8-19(18)23(25)28)21(26)24-13-14-30-17-11-9-16(29-3)10-12-17/h5-12,15,20H,4,13-14H2,1-3H3,(H,24,26). The minimum absolute atomic E-state index is 0.185. The molecule has 1 heterocycles. The molecule has 3 amide bonds. The average Bonchev–Trinajstić information content (AvgIpc) is 3.02. The van der Waals surface area contributed by atoms with E-state index in [1.54, 1.807) is 55.6 Å². The van der Waals surface area contributed by atoms with E-state index in [2.05, 4.69) is 5.32 Å². The molecule has 0 radical (unpaired) electrons. The number of carbonyl (C=O) groups is 3. The van der Waals surface area contributed by atoms with Crippen LogP contribution in [0.4, 0.5) is 0 Å². The van der Waals surface area contributed by atoms with Gasteiger partial charge < -0.3 is 14.8 Å². The zero-order valence-electron chi connectivity index (χ0n) is 17.4. The topological polar surface area (TPSA) is 84.9 Å². The number of imide groups is 1. The summed E-state index contributed by atoms with van der Waals surface area (Å²) in [6.07, 6.45) is 0.647. The molecule has 0 saturated carbocycles. The first-order valence-corrected chi connectivity index (χ1v) is 9.99. The van der Waals surface area contributed by atoms with Gasteiger partial charge in [-0.2, -0.15) is 0 Å². The highest BCUT2D eigenvalue weighted by Crippen LogP contribution is 2.28. The number of amides is 3. The van der Waals surface area contributed by atoms with Crippen molar-refractivity contribution in [2.24, 2.45) is 5.92 Å². The van der Waals surface area contributed by atoms with Crippen molar-refractivity contribution in [2.45, 2.75) is 26.3 Å². The van der Waals surface area contributed by atoms with Crippen LogP contribution >= 0.6 is 0 Å². The van der Waals surface area contributed by atoms with Gasteiger partial charge in [-0.3, -0.25) is 19.3 Å². The molecule has 0 fully saturated rings. The molecular weight excluding hydrogens is 384 g/mol. The van der Waals surface area contributed by atoms with Crippen molar-refractivity contribution >= 4 is 17.7 Å². The highest BCUT2D eigenvalue weighted by atomic mass is 16.5. The lowest BCUT2D eigenvalue weighted by Gasteiger charge is -2.29. The molecule has 0 bridgehead atoms. The minimum Gasteiger partial charge on any atom is -0.497 e. The Morgan fingerprint density at radius 3 is 2.10 bits per heavy atom. The number of methoxy groups -OCH3 is 1. The largest absolute Gasteiger partial charge is 0.497 e. The molecular formula is C23H26N2O5. The Kier molecular flexibility index (Phi) is 6.72. The average molecular weight is 410 g/mol. The van der Waals surface area contributed by atoms with E-state index in [0.29, 0.717) is 23.3 Å². The summed E-state index contributed by atoms with van der Waals surface area (Å²) in [5.74, 6) is -0.0140. The van der Waals surface area contributed by atoms with E-state index in [1.807, 2.05) is 13.8 Å². The van der Waals surface area contributed by atoms with Crippen molar-refractivity contribution in [3.05, 3.63) is 59.7 Å². The van der Waals surface area contributed by atoms with E-state index in [4.69, 9.17) is 9.47 Å². The Morgan fingerprint density at radius 1 is 1.00 bits per heavy atom. The van der Waals surface area contributed by atoms with Gasteiger partial charge in [-0.15, -0.1) is 0 Å². The predicted molar refractivity (Wildman–Crippen MR) is 112 cm³/mol. The van der Waals surface area contributed by atoms with Crippen molar-refractivity contribution in [1.29, 1.82) is 0 Å².